The lowest BCUT2D eigenvalue weighted by atomic mass is 9.94. The second kappa shape index (κ2) is 4.94. The summed E-state index contributed by atoms with van der Waals surface area (Å²) in [4.78, 5) is 11.6. The summed E-state index contributed by atoms with van der Waals surface area (Å²) in [7, 11) is 1.56. The molecule has 106 valence electrons. The Balaban J connectivity index is 2.18. The van der Waals surface area contributed by atoms with E-state index in [4.69, 9.17) is 9.47 Å². The van der Waals surface area contributed by atoms with Crippen molar-refractivity contribution in [1.29, 1.82) is 0 Å². The van der Waals surface area contributed by atoms with Gasteiger partial charge in [-0.05, 0) is 36.4 Å². The van der Waals surface area contributed by atoms with Gasteiger partial charge in [0.25, 0.3) is 6.21 Å². The van der Waals surface area contributed by atoms with Crippen molar-refractivity contribution in [1.82, 2.24) is 0 Å². The monoisotopic (exact) mass is 283 g/mol. The maximum absolute atomic E-state index is 12.3. The molecule has 1 atom stereocenters. The quantitative estimate of drug-likeness (QED) is 0.491. The Kier molecular flexibility index (Phi) is 3.10. The highest BCUT2D eigenvalue weighted by Gasteiger charge is 2.52. The molecule has 21 heavy (non-hydrogen) atoms. The van der Waals surface area contributed by atoms with Gasteiger partial charge in [0.2, 0.25) is 0 Å². The van der Waals surface area contributed by atoms with Crippen molar-refractivity contribution in [2.45, 2.75) is 5.72 Å². The molecule has 0 aromatic heterocycles. The molecular weight excluding hydrogens is 270 g/mol. The van der Waals surface area contributed by atoms with Crippen LogP contribution in [0.3, 0.4) is 0 Å². The molecule has 0 bridgehead atoms. The maximum atomic E-state index is 12.3. The third kappa shape index (κ3) is 2.03. The van der Waals surface area contributed by atoms with Gasteiger partial charge in [0, 0.05) is 0 Å². The van der Waals surface area contributed by atoms with E-state index in [-0.39, 0.29) is 0 Å². The SMILES string of the molecule is COc1ccc(C2(c3ccccc3)OC(=O)C=[N+]2[O-])cc1. The second-order valence-corrected chi connectivity index (χ2v) is 4.61. The topological polar surface area (TPSA) is 61.6 Å². The van der Waals surface area contributed by atoms with Crippen LogP contribution in [0, 0.1) is 5.21 Å². The molecule has 0 spiro atoms. The first kappa shape index (κ1) is 13.2. The van der Waals surface area contributed by atoms with E-state index < -0.39 is 11.7 Å². The van der Waals surface area contributed by atoms with E-state index in [0.717, 1.165) is 6.21 Å². The summed E-state index contributed by atoms with van der Waals surface area (Å²) in [6, 6.07) is 15.8. The number of hydroxylamine groups is 1. The van der Waals surface area contributed by atoms with Crippen molar-refractivity contribution in [2.24, 2.45) is 0 Å². The molecule has 0 aliphatic carbocycles. The number of esters is 1. The Morgan fingerprint density at radius 3 is 2.19 bits per heavy atom. The van der Waals surface area contributed by atoms with Crippen molar-refractivity contribution in [3.05, 3.63) is 70.9 Å². The highest BCUT2D eigenvalue weighted by atomic mass is 16.6. The minimum Gasteiger partial charge on any atom is -0.620 e. The smallest absolute Gasteiger partial charge is 0.402 e. The standard InChI is InChI=1S/C16H13NO4/c1-20-14-9-7-13(8-10-14)16(12-5-3-2-4-6-12)17(19)11-15(18)21-16/h2-11H,1H3. The number of hydrogen-bond donors (Lipinski definition) is 0. The van der Waals surface area contributed by atoms with E-state index in [2.05, 4.69) is 0 Å². The minimum atomic E-state index is -1.48. The summed E-state index contributed by atoms with van der Waals surface area (Å²) in [5.41, 5.74) is -0.330. The van der Waals surface area contributed by atoms with Crippen molar-refractivity contribution in [3.63, 3.8) is 0 Å². The number of ether oxygens (including phenoxy) is 2. The van der Waals surface area contributed by atoms with Gasteiger partial charge in [0.05, 0.1) is 18.2 Å². The van der Waals surface area contributed by atoms with Crippen LogP contribution in [0.25, 0.3) is 0 Å². The Bertz CT molecular complexity index is 694. The van der Waals surface area contributed by atoms with Gasteiger partial charge >= 0.3 is 11.7 Å². The highest BCUT2D eigenvalue weighted by Crippen LogP contribution is 2.37. The predicted octanol–water partition coefficient (Wildman–Crippen LogP) is 2.03. The molecular formula is C16H13NO4. The van der Waals surface area contributed by atoms with Gasteiger partial charge in [0.15, 0.2) is 0 Å². The van der Waals surface area contributed by atoms with E-state index in [1.54, 1.807) is 55.6 Å². The normalized spacial score (nSPS) is 20.8. The number of methoxy groups -OCH3 is 1. The fourth-order valence-electron chi connectivity index (χ4n) is 2.42. The molecule has 0 amide bonds. The van der Waals surface area contributed by atoms with Crippen LogP contribution in [0.4, 0.5) is 0 Å². The summed E-state index contributed by atoms with van der Waals surface area (Å²) >= 11 is 0. The first-order chi connectivity index (χ1) is 10.2. The number of hydrogen-bond acceptors (Lipinski definition) is 4. The number of nitrogens with zero attached hydrogens (tertiary/aromatic N) is 1. The van der Waals surface area contributed by atoms with Crippen LogP contribution in [0.15, 0.2) is 54.6 Å². The lowest BCUT2D eigenvalue weighted by molar-refractivity contribution is -0.583. The third-order valence-electron chi connectivity index (χ3n) is 3.43. The largest absolute Gasteiger partial charge is 0.620 e. The van der Waals surface area contributed by atoms with Crippen LogP contribution in [-0.2, 0) is 15.3 Å². The molecule has 1 aliphatic heterocycles. The van der Waals surface area contributed by atoms with E-state index in [1.807, 2.05) is 6.07 Å². The van der Waals surface area contributed by atoms with Gasteiger partial charge in [0.1, 0.15) is 5.75 Å². The summed E-state index contributed by atoms with van der Waals surface area (Å²) in [6.07, 6.45) is 0.914. The Morgan fingerprint density at radius 2 is 1.67 bits per heavy atom. The molecule has 5 nitrogen and oxygen atoms in total. The lowest BCUT2D eigenvalue weighted by Crippen LogP contribution is -2.36. The molecule has 0 saturated heterocycles. The summed E-state index contributed by atoms with van der Waals surface area (Å²) in [6.45, 7) is 0. The maximum Gasteiger partial charge on any atom is 0.402 e. The zero-order valence-corrected chi connectivity index (χ0v) is 11.4. The average molecular weight is 283 g/mol. The number of benzene rings is 2. The summed E-state index contributed by atoms with van der Waals surface area (Å²) in [5.74, 6) is -0.00242. The summed E-state index contributed by atoms with van der Waals surface area (Å²) < 4.78 is 11.0. The van der Waals surface area contributed by atoms with Crippen LogP contribution in [-0.4, -0.2) is 24.0 Å². The van der Waals surface area contributed by atoms with Crippen LogP contribution >= 0.6 is 0 Å². The van der Waals surface area contributed by atoms with Crippen LogP contribution < -0.4 is 4.74 Å². The summed E-state index contributed by atoms with van der Waals surface area (Å²) in [5, 5.41) is 12.3. The first-order valence-corrected chi connectivity index (χ1v) is 6.41. The van der Waals surface area contributed by atoms with E-state index in [1.165, 1.54) is 0 Å². The zero-order chi connectivity index (χ0) is 14.9. The van der Waals surface area contributed by atoms with Crippen LogP contribution in [0.2, 0.25) is 0 Å². The number of carbonyl (C=O) groups is 1. The molecule has 0 radical (unpaired) electrons. The minimum absolute atomic E-state index is 0.548. The molecule has 2 aromatic carbocycles. The van der Waals surface area contributed by atoms with Gasteiger partial charge < -0.3 is 14.7 Å². The van der Waals surface area contributed by atoms with E-state index in [0.29, 0.717) is 21.6 Å². The van der Waals surface area contributed by atoms with E-state index in [9.17, 15) is 10.0 Å². The molecule has 2 aromatic rings. The van der Waals surface area contributed by atoms with Crippen LogP contribution in [0.5, 0.6) is 5.75 Å². The van der Waals surface area contributed by atoms with Crippen molar-refractivity contribution < 1.29 is 19.0 Å². The molecule has 3 rings (SSSR count). The van der Waals surface area contributed by atoms with Crippen molar-refractivity contribution in [2.75, 3.05) is 7.11 Å². The number of carbonyl (C=O) groups excluding carboxylic acids is 1. The lowest BCUT2D eigenvalue weighted by Gasteiger charge is -2.26. The third-order valence-corrected chi connectivity index (χ3v) is 3.43. The van der Waals surface area contributed by atoms with Crippen LogP contribution in [0.1, 0.15) is 11.1 Å². The first-order valence-electron chi connectivity index (χ1n) is 6.41. The molecule has 1 aliphatic rings. The Morgan fingerprint density at radius 1 is 1.05 bits per heavy atom. The molecule has 0 fully saturated rings. The molecule has 1 heterocycles. The highest BCUT2D eigenvalue weighted by molar-refractivity contribution is 6.22. The van der Waals surface area contributed by atoms with Gasteiger partial charge in [-0.2, -0.15) is 4.74 Å². The van der Waals surface area contributed by atoms with Crippen molar-refractivity contribution in [3.8, 4) is 5.75 Å². The molecule has 1 unspecified atom stereocenters. The zero-order valence-electron chi connectivity index (χ0n) is 11.4. The van der Waals surface area contributed by atoms with E-state index >= 15 is 0 Å². The van der Waals surface area contributed by atoms with Gasteiger partial charge in [-0.25, -0.2) is 4.79 Å². The number of cyclic esters (lactones) is 1. The molecule has 0 saturated carbocycles. The number of rotatable bonds is 3. The van der Waals surface area contributed by atoms with Gasteiger partial charge in [-0.15, -0.1) is 0 Å². The Hall–Kier alpha value is -2.82. The van der Waals surface area contributed by atoms with Gasteiger partial charge in [-0.3, -0.25) is 0 Å². The fraction of sp³-hybridized carbons (Fsp3) is 0.125. The molecule has 5 heteroatoms. The van der Waals surface area contributed by atoms with Gasteiger partial charge in [-0.1, -0.05) is 18.2 Å². The second-order valence-electron chi connectivity index (χ2n) is 4.61. The fourth-order valence-corrected chi connectivity index (χ4v) is 2.42. The predicted molar refractivity (Wildman–Crippen MR) is 76.0 cm³/mol. The van der Waals surface area contributed by atoms with Crippen molar-refractivity contribution >= 4 is 12.2 Å². The molecule has 0 N–H and O–H groups in total. The Labute approximate surface area is 121 Å². The average Bonchev–Trinajstić information content (AvgIpc) is 2.84.